The van der Waals surface area contributed by atoms with Crippen LogP contribution < -0.4 is 16.1 Å². The second kappa shape index (κ2) is 72.2. The van der Waals surface area contributed by atoms with Gasteiger partial charge in [-0.1, -0.05) is 88.7 Å². The topological polar surface area (TPSA) is 42.1 Å². The highest BCUT2D eigenvalue weighted by molar-refractivity contribution is 5.76. The molecule has 9 radical (unpaired) electrons. The van der Waals surface area contributed by atoms with Gasteiger partial charge in [0.2, 0.25) is 5.84 Å². The van der Waals surface area contributed by atoms with E-state index in [2.05, 4.69) is 104 Å². The summed E-state index contributed by atoms with van der Waals surface area (Å²) in [5, 5.41) is 6.61. The smallest absolute Gasteiger partial charge is 0.241 e. The molecule has 0 unspecified atom stereocenters. The molecule has 3 N–H and O–H groups in total. The molecule has 0 aliphatic heterocycles. The summed E-state index contributed by atoms with van der Waals surface area (Å²) in [5.74, 6) is 1.21. The van der Waals surface area contributed by atoms with Crippen LogP contribution >= 0.6 is 0 Å². The van der Waals surface area contributed by atoms with Crippen LogP contribution in [-0.2, 0) is 0 Å². The summed E-state index contributed by atoms with van der Waals surface area (Å²) in [6.45, 7) is 49.4. The minimum atomic E-state index is 0. The zero-order chi connectivity index (χ0) is 34.3. The number of rotatable bonds is 5. The number of nitrogens with one attached hydrogen (secondary N) is 3. The first-order chi connectivity index (χ1) is 18.1. The molecule has 0 amide bonds. The SMILES string of the molecule is CC.CC.CC.CC.CC.CC.CC(C)=C(C)NC(C)C.CC(C)=[N+](C)NC(C)C.CC(NC(C)C)=[N+](C)C.[2HH].[2HH].[2HH].[B].[B].[B]. The molecule has 0 aromatic heterocycles. The lowest BCUT2D eigenvalue weighted by molar-refractivity contribution is -0.566. The van der Waals surface area contributed by atoms with Crippen molar-refractivity contribution in [3.63, 3.8) is 0 Å². The minimum Gasteiger partial charge on any atom is -0.386 e. The third-order valence-corrected chi connectivity index (χ3v) is 3.55. The molecule has 0 aliphatic rings. The Labute approximate surface area is 282 Å². The van der Waals surface area contributed by atoms with Crippen molar-refractivity contribution >= 4 is 36.8 Å². The molecule has 5 nitrogen and oxygen atoms in total. The Bertz CT molecular complexity index is 434. The van der Waals surface area contributed by atoms with Crippen molar-refractivity contribution in [2.24, 2.45) is 0 Å². The van der Waals surface area contributed by atoms with E-state index in [1.807, 2.05) is 109 Å². The molecule has 0 aromatic rings. The number of hydrazone groups is 1. The molecule has 0 rings (SSSR count). The first-order valence-electron chi connectivity index (χ1n) is 16.1. The normalized spacial score (nSPS) is 7.00. The Morgan fingerprint density at radius 2 is 0.738 bits per heavy atom. The second-order valence-corrected chi connectivity index (χ2v) is 8.49. The predicted octanol–water partition coefficient (Wildman–Crippen LogP) is 9.75. The summed E-state index contributed by atoms with van der Waals surface area (Å²) in [6.07, 6.45) is 0. The van der Waals surface area contributed by atoms with Gasteiger partial charge in [-0.05, 0) is 62.3 Å². The fourth-order valence-corrected chi connectivity index (χ4v) is 1.64. The fraction of sp³-hybridized carbons (Fsp3) is 0.882. The monoisotopic (exact) mass is 608 g/mol. The van der Waals surface area contributed by atoms with Crippen LogP contribution in [0.5, 0.6) is 0 Å². The Balaban J connectivity index is -0.0000000186. The van der Waals surface area contributed by atoms with Crippen LogP contribution in [-0.4, -0.2) is 85.3 Å². The first-order valence-corrected chi connectivity index (χ1v) is 16.1. The van der Waals surface area contributed by atoms with E-state index in [4.69, 9.17) is 0 Å². The van der Waals surface area contributed by atoms with E-state index >= 15 is 0 Å². The molecule has 0 aliphatic carbocycles. The standard InChI is InChI=1S/C8H17N.C7H16N2.C7H17N2.6C2H6.3B.3H2/c1-6(2)8(5)9-7(3)4;1-6(2)8-7(3)9(4)5;1-6(2)8-9(5)7(3)4;6*1-2;;;;;;/h7,9H,1-5H3;6H,1-5H3;6,8H,1-5H3;6*1-2H3;;;;3*1H/q;;+1;;;;;;;;;;;;/p+1/i;;;;;;;;;;;;3*1+1. The fourth-order valence-electron chi connectivity index (χ4n) is 1.64. The van der Waals surface area contributed by atoms with Crippen LogP contribution in [0.25, 0.3) is 0 Å². The summed E-state index contributed by atoms with van der Waals surface area (Å²) in [6, 6.07) is 1.61. The molecule has 261 valence electrons. The molecule has 8 heteroatoms. The van der Waals surface area contributed by atoms with Crippen LogP contribution in [0.15, 0.2) is 11.3 Å². The molecular formula is C34H93B3N5+2. The summed E-state index contributed by atoms with van der Waals surface area (Å²) in [4.78, 5) is 0. The Hall–Kier alpha value is -1.33. The van der Waals surface area contributed by atoms with E-state index in [0.29, 0.717) is 18.1 Å². The Morgan fingerprint density at radius 1 is 0.476 bits per heavy atom. The van der Waals surface area contributed by atoms with Gasteiger partial charge in [-0.15, -0.1) is 4.68 Å². The van der Waals surface area contributed by atoms with Crippen LogP contribution in [0.2, 0.25) is 0 Å². The van der Waals surface area contributed by atoms with Crippen LogP contribution in [0.3, 0.4) is 0 Å². The Kier molecular flexibility index (Phi) is 134. The van der Waals surface area contributed by atoms with Crippen molar-refractivity contribution in [3.8, 4) is 0 Å². The maximum atomic E-state index is 3.32. The number of hydrogen-bond acceptors (Lipinski definition) is 2. The van der Waals surface area contributed by atoms with Gasteiger partial charge in [0.25, 0.3) is 0 Å². The molecule has 0 saturated heterocycles. The zero-order valence-electron chi connectivity index (χ0n) is 34.9. The van der Waals surface area contributed by atoms with Crippen LogP contribution in [0.1, 0.15) is 170 Å². The zero-order valence-corrected chi connectivity index (χ0v) is 34.9. The van der Waals surface area contributed by atoms with E-state index in [0.717, 1.165) is 0 Å². The predicted molar refractivity (Wildman–Crippen MR) is 216 cm³/mol. The minimum absolute atomic E-state index is 0. The molecule has 42 heavy (non-hydrogen) atoms. The van der Waals surface area contributed by atoms with Gasteiger partial charge >= 0.3 is 0 Å². The molecule has 0 fully saturated rings. The van der Waals surface area contributed by atoms with Gasteiger partial charge in [0, 0.05) is 62.0 Å². The van der Waals surface area contributed by atoms with Gasteiger partial charge in [-0.25, -0.2) is 0 Å². The van der Waals surface area contributed by atoms with Crippen molar-refractivity contribution in [1.29, 1.82) is 0 Å². The molecule has 0 saturated carbocycles. The number of allylic oxidation sites excluding steroid dienone is 2. The third kappa shape index (κ3) is 107. The highest BCUT2D eigenvalue weighted by Crippen LogP contribution is 1.97. The molecule has 0 aromatic carbocycles. The van der Waals surface area contributed by atoms with E-state index in [1.54, 1.807) is 0 Å². The lowest BCUT2D eigenvalue weighted by atomic mass is 10.2. The summed E-state index contributed by atoms with van der Waals surface area (Å²) in [7, 11) is 6.09. The summed E-state index contributed by atoms with van der Waals surface area (Å²) < 4.78 is 4.10. The Morgan fingerprint density at radius 3 is 0.810 bits per heavy atom. The van der Waals surface area contributed by atoms with Gasteiger partial charge in [0.15, 0.2) is 12.8 Å². The van der Waals surface area contributed by atoms with Crippen molar-refractivity contribution in [2.75, 3.05) is 21.1 Å². The van der Waals surface area contributed by atoms with Gasteiger partial charge < -0.3 is 5.32 Å². The van der Waals surface area contributed by atoms with Crippen LogP contribution in [0.4, 0.5) is 0 Å². The number of nitrogens with zero attached hydrogens (tertiary/aromatic N) is 2. The van der Waals surface area contributed by atoms with Gasteiger partial charge in [0.05, 0.1) is 26.2 Å². The largest absolute Gasteiger partial charge is 0.386 e. The molecular weight excluding hydrogens is 511 g/mol. The van der Waals surface area contributed by atoms with Crippen molar-refractivity contribution in [3.05, 3.63) is 11.3 Å². The summed E-state index contributed by atoms with van der Waals surface area (Å²) >= 11 is 0. The average molecular weight is 608 g/mol. The van der Waals surface area contributed by atoms with Crippen LogP contribution in [0, 0.1) is 0 Å². The summed E-state index contributed by atoms with van der Waals surface area (Å²) in [5.41, 5.74) is 7.18. The maximum absolute atomic E-state index is 3.32. The lowest BCUT2D eigenvalue weighted by Gasteiger charge is -2.11. The highest BCUT2D eigenvalue weighted by atomic mass is 15.4. The van der Waals surface area contributed by atoms with Gasteiger partial charge in [-0.2, -0.15) is 5.43 Å². The number of hydrazine groups is 1. The molecule has 0 bridgehead atoms. The van der Waals surface area contributed by atoms with Gasteiger partial charge in [0.1, 0.15) is 0 Å². The van der Waals surface area contributed by atoms with E-state index < -0.39 is 0 Å². The molecule has 0 atom stereocenters. The van der Waals surface area contributed by atoms with Crippen molar-refractivity contribution in [2.45, 2.75) is 184 Å². The highest BCUT2D eigenvalue weighted by Gasteiger charge is 2.01. The lowest BCUT2D eigenvalue weighted by Crippen LogP contribution is -2.34. The second-order valence-electron chi connectivity index (χ2n) is 8.49. The molecule has 0 spiro atoms. The van der Waals surface area contributed by atoms with E-state index in [9.17, 15) is 0 Å². The molecule has 0 heterocycles. The number of hydrogen-bond donors (Lipinski definition) is 3. The van der Waals surface area contributed by atoms with Crippen molar-refractivity contribution in [1.82, 2.24) is 16.1 Å². The van der Waals surface area contributed by atoms with Crippen molar-refractivity contribution < 1.29 is 13.5 Å². The van der Waals surface area contributed by atoms with E-state index in [-0.39, 0.29) is 29.5 Å². The first kappa shape index (κ1) is 77.9. The third-order valence-electron chi connectivity index (χ3n) is 3.55. The maximum Gasteiger partial charge on any atom is 0.241 e. The van der Waals surface area contributed by atoms with E-state index in [1.165, 1.54) is 22.8 Å². The quantitative estimate of drug-likeness (QED) is 0.0959. The number of amidine groups is 1. The average Bonchev–Trinajstić information content (AvgIpc) is 2.90. The van der Waals surface area contributed by atoms with Gasteiger partial charge in [-0.3, -0.25) is 9.89 Å².